The second-order valence-electron chi connectivity index (χ2n) is 6.84. The molecular weight excluding hydrogens is 392 g/mol. The molecule has 0 saturated carbocycles. The van der Waals surface area contributed by atoms with Gasteiger partial charge in [-0.2, -0.15) is 4.68 Å². The maximum absolute atomic E-state index is 12.3. The number of amides is 2. The molecule has 0 bridgehead atoms. The number of benzene rings is 1. The molecule has 154 valence electrons. The Hall–Kier alpha value is -2.88. The largest absolute Gasteiger partial charge is 0.463 e. The summed E-state index contributed by atoms with van der Waals surface area (Å²) in [4.78, 5) is 24.2. The number of esters is 1. The van der Waals surface area contributed by atoms with Crippen LogP contribution < -0.4 is 10.6 Å². The van der Waals surface area contributed by atoms with Gasteiger partial charge in [0.25, 0.3) is 0 Å². The average molecular weight is 417 g/mol. The molecule has 2 amide bonds. The summed E-state index contributed by atoms with van der Waals surface area (Å²) in [5, 5.41) is 17.9. The van der Waals surface area contributed by atoms with Gasteiger partial charge in [-0.3, -0.25) is 0 Å². The Labute approximate surface area is 173 Å². The monoisotopic (exact) mass is 416 g/mol. The summed E-state index contributed by atoms with van der Waals surface area (Å²) >= 11 is 1.33. The summed E-state index contributed by atoms with van der Waals surface area (Å²) in [6.45, 7) is 8.02. The van der Waals surface area contributed by atoms with Gasteiger partial charge in [-0.25, -0.2) is 9.59 Å². The molecule has 3 rings (SSSR count). The third-order valence-electron chi connectivity index (χ3n) is 4.46. The normalized spacial score (nSPS) is 16.6. The lowest BCUT2D eigenvalue weighted by Crippen LogP contribution is -2.49. The maximum Gasteiger partial charge on any atom is 0.337 e. The minimum absolute atomic E-state index is 0.258. The zero-order valence-electron chi connectivity index (χ0n) is 16.8. The van der Waals surface area contributed by atoms with E-state index in [1.165, 1.54) is 17.3 Å². The number of carbonyl (C=O) groups is 2. The van der Waals surface area contributed by atoms with Crippen LogP contribution in [0.5, 0.6) is 0 Å². The number of rotatable bonds is 7. The smallest absolute Gasteiger partial charge is 0.337 e. The van der Waals surface area contributed by atoms with Gasteiger partial charge in [-0.05, 0) is 47.9 Å². The summed E-state index contributed by atoms with van der Waals surface area (Å²) in [7, 11) is 0. The Balaban J connectivity index is 1.82. The highest BCUT2D eigenvalue weighted by atomic mass is 32.2. The first-order valence-corrected chi connectivity index (χ1v) is 10.4. The van der Waals surface area contributed by atoms with Crippen molar-refractivity contribution >= 4 is 23.8 Å². The van der Waals surface area contributed by atoms with Crippen LogP contribution in [0, 0.1) is 0 Å². The Bertz CT molecular complexity index is 922. The van der Waals surface area contributed by atoms with E-state index in [1.807, 2.05) is 24.3 Å². The molecule has 1 aromatic carbocycles. The third-order valence-corrected chi connectivity index (χ3v) is 5.40. The first-order valence-electron chi connectivity index (χ1n) is 9.39. The topological polar surface area (TPSA) is 111 Å². The molecule has 10 heteroatoms. The van der Waals surface area contributed by atoms with Crippen molar-refractivity contribution in [3.05, 3.63) is 41.1 Å². The molecule has 2 aromatic rings. The molecule has 0 fully saturated rings. The molecule has 2 N–H and O–H groups in total. The van der Waals surface area contributed by atoms with Crippen LogP contribution >= 0.6 is 11.8 Å². The first kappa shape index (κ1) is 20.8. The highest BCUT2D eigenvalue weighted by Gasteiger charge is 2.30. The number of urea groups is 1. The van der Waals surface area contributed by atoms with E-state index in [2.05, 4.69) is 40.0 Å². The van der Waals surface area contributed by atoms with Gasteiger partial charge in [-0.1, -0.05) is 37.7 Å². The molecule has 1 atom stereocenters. The van der Waals surface area contributed by atoms with Crippen molar-refractivity contribution in [2.24, 2.45) is 0 Å². The van der Waals surface area contributed by atoms with E-state index in [0.29, 0.717) is 28.1 Å². The van der Waals surface area contributed by atoms with Crippen molar-refractivity contribution in [1.82, 2.24) is 30.8 Å². The van der Waals surface area contributed by atoms with Crippen LogP contribution in [-0.2, 0) is 9.53 Å². The summed E-state index contributed by atoms with van der Waals surface area (Å²) in [5.41, 5.74) is 2.96. The summed E-state index contributed by atoms with van der Waals surface area (Å²) < 4.78 is 6.77. The van der Waals surface area contributed by atoms with E-state index < -0.39 is 12.0 Å². The second-order valence-corrected chi connectivity index (χ2v) is 7.78. The predicted octanol–water partition coefficient (Wildman–Crippen LogP) is 2.40. The number of tetrazole rings is 1. The summed E-state index contributed by atoms with van der Waals surface area (Å²) in [5.74, 6) is 0.300. The van der Waals surface area contributed by atoms with Gasteiger partial charge in [-0.15, -0.1) is 5.10 Å². The van der Waals surface area contributed by atoms with Crippen LogP contribution in [0.1, 0.15) is 39.2 Å². The third kappa shape index (κ3) is 4.76. The summed E-state index contributed by atoms with van der Waals surface area (Å²) in [6.07, 6.45) is 0. The van der Waals surface area contributed by atoms with Crippen LogP contribution in [0.2, 0.25) is 0 Å². The Morgan fingerprint density at radius 3 is 2.69 bits per heavy atom. The number of aromatic nitrogens is 4. The molecule has 29 heavy (non-hydrogen) atoms. The number of hydrogen-bond donors (Lipinski definition) is 2. The van der Waals surface area contributed by atoms with Gasteiger partial charge in [0, 0.05) is 11.4 Å². The van der Waals surface area contributed by atoms with Gasteiger partial charge >= 0.3 is 12.0 Å². The SMILES string of the molecule is CCOC(=O)C1=C(CSc2nnnn2-c2ccc(C(C)C)cc2)NC(=O)N[C@H]1C. The molecule has 0 spiro atoms. The number of ether oxygens (including phenoxy) is 1. The Kier molecular flexibility index (Phi) is 6.53. The standard InChI is InChI=1S/C19H24N6O3S/c1-5-28-17(26)16-12(4)20-18(27)21-15(16)10-29-19-22-23-24-25(19)14-8-6-13(7-9-14)11(2)3/h6-9,11-12H,5,10H2,1-4H3,(H2,20,21,27)/t12-/m0/s1. The molecular formula is C19H24N6O3S. The second kappa shape index (κ2) is 9.08. The number of thioether (sulfide) groups is 1. The minimum Gasteiger partial charge on any atom is -0.463 e. The lowest BCUT2D eigenvalue weighted by atomic mass is 10.0. The molecule has 1 aliphatic heterocycles. The van der Waals surface area contributed by atoms with Crippen LogP contribution in [-0.4, -0.2) is 50.6 Å². The summed E-state index contributed by atoms with van der Waals surface area (Å²) in [6, 6.07) is 7.22. The van der Waals surface area contributed by atoms with Crippen LogP contribution in [0.25, 0.3) is 5.69 Å². The van der Waals surface area contributed by atoms with Crippen LogP contribution in [0.15, 0.2) is 40.7 Å². The number of nitrogens with zero attached hydrogens (tertiary/aromatic N) is 4. The maximum atomic E-state index is 12.3. The highest BCUT2D eigenvalue weighted by Crippen LogP contribution is 2.24. The van der Waals surface area contributed by atoms with Gasteiger partial charge in [0.05, 0.1) is 23.9 Å². The zero-order valence-corrected chi connectivity index (χ0v) is 17.6. The fraction of sp³-hybridized carbons (Fsp3) is 0.421. The van der Waals surface area contributed by atoms with Crippen LogP contribution in [0.4, 0.5) is 4.79 Å². The van der Waals surface area contributed by atoms with E-state index in [-0.39, 0.29) is 12.6 Å². The van der Waals surface area contributed by atoms with E-state index in [9.17, 15) is 9.59 Å². The zero-order chi connectivity index (χ0) is 21.0. The fourth-order valence-corrected chi connectivity index (χ4v) is 3.82. The lowest BCUT2D eigenvalue weighted by molar-refractivity contribution is -0.138. The van der Waals surface area contributed by atoms with Crippen molar-refractivity contribution in [3.8, 4) is 5.69 Å². The molecule has 0 saturated heterocycles. The van der Waals surface area contributed by atoms with Crippen molar-refractivity contribution < 1.29 is 14.3 Å². The van der Waals surface area contributed by atoms with Gasteiger partial charge < -0.3 is 15.4 Å². The Morgan fingerprint density at radius 2 is 2.03 bits per heavy atom. The molecule has 9 nitrogen and oxygen atoms in total. The van der Waals surface area contributed by atoms with E-state index in [0.717, 1.165) is 5.69 Å². The molecule has 0 radical (unpaired) electrons. The highest BCUT2D eigenvalue weighted by molar-refractivity contribution is 7.99. The first-order chi connectivity index (χ1) is 13.9. The number of hydrogen-bond acceptors (Lipinski definition) is 7. The number of carbonyl (C=O) groups excluding carboxylic acids is 2. The molecule has 0 aliphatic carbocycles. The van der Waals surface area contributed by atoms with E-state index >= 15 is 0 Å². The van der Waals surface area contributed by atoms with Gasteiger partial charge in [0.15, 0.2) is 0 Å². The quantitative estimate of drug-likeness (QED) is 0.527. The van der Waals surface area contributed by atoms with E-state index in [1.54, 1.807) is 18.5 Å². The van der Waals surface area contributed by atoms with Gasteiger partial charge in [0.2, 0.25) is 5.16 Å². The van der Waals surface area contributed by atoms with Gasteiger partial charge in [0.1, 0.15) is 0 Å². The Morgan fingerprint density at radius 1 is 1.31 bits per heavy atom. The molecule has 1 aromatic heterocycles. The van der Waals surface area contributed by atoms with Crippen LogP contribution in [0.3, 0.4) is 0 Å². The fourth-order valence-electron chi connectivity index (χ4n) is 2.96. The molecule has 1 aliphatic rings. The van der Waals surface area contributed by atoms with Crippen molar-refractivity contribution in [1.29, 1.82) is 0 Å². The van der Waals surface area contributed by atoms with Crippen molar-refractivity contribution in [2.75, 3.05) is 12.4 Å². The van der Waals surface area contributed by atoms with Crippen molar-refractivity contribution in [3.63, 3.8) is 0 Å². The predicted molar refractivity (Wildman–Crippen MR) is 109 cm³/mol. The van der Waals surface area contributed by atoms with Crippen molar-refractivity contribution in [2.45, 2.75) is 44.8 Å². The molecule has 0 unspecified atom stereocenters. The average Bonchev–Trinajstić information content (AvgIpc) is 3.14. The lowest BCUT2D eigenvalue weighted by Gasteiger charge is -2.26. The molecule has 2 heterocycles. The number of nitrogens with one attached hydrogen (secondary N) is 2. The minimum atomic E-state index is -0.452. The van der Waals surface area contributed by atoms with E-state index in [4.69, 9.17) is 4.74 Å².